The summed E-state index contributed by atoms with van der Waals surface area (Å²) in [4.78, 5) is 33.0. The minimum Gasteiger partial charge on any atom is -0.441 e. The van der Waals surface area contributed by atoms with Crippen molar-refractivity contribution in [3.63, 3.8) is 0 Å². The molecule has 0 aromatic heterocycles. The van der Waals surface area contributed by atoms with Crippen LogP contribution in [0, 0.1) is 0 Å². The average molecular weight is 383 g/mol. The molecule has 1 spiro atoms. The molecule has 154 valence electrons. The Kier molecular flexibility index (Phi) is 6.60. The molecule has 0 aliphatic carbocycles. The first-order chi connectivity index (χ1) is 12.9. The van der Waals surface area contributed by atoms with Gasteiger partial charge in [0, 0.05) is 64.6 Å². The Morgan fingerprint density at radius 3 is 2.48 bits per heavy atom. The van der Waals surface area contributed by atoms with Gasteiger partial charge in [-0.25, -0.2) is 4.79 Å². The van der Waals surface area contributed by atoms with Gasteiger partial charge in [-0.05, 0) is 21.0 Å². The Bertz CT molecular complexity index is 528. The molecule has 2 amide bonds. The van der Waals surface area contributed by atoms with Crippen LogP contribution in [-0.2, 0) is 14.3 Å². The van der Waals surface area contributed by atoms with Gasteiger partial charge in [0.1, 0.15) is 5.60 Å². The highest BCUT2D eigenvalue weighted by molar-refractivity contribution is 5.77. The number of likely N-dealkylation sites (tertiary alicyclic amines) is 1. The van der Waals surface area contributed by atoms with Crippen molar-refractivity contribution in [2.75, 3.05) is 73.1 Å². The van der Waals surface area contributed by atoms with E-state index in [0.717, 1.165) is 45.7 Å². The molecule has 0 unspecified atom stereocenters. The van der Waals surface area contributed by atoms with Gasteiger partial charge in [0.25, 0.3) is 0 Å². The highest BCUT2D eigenvalue weighted by atomic mass is 16.6. The fourth-order valence-electron chi connectivity index (χ4n) is 4.14. The maximum atomic E-state index is 12.7. The van der Waals surface area contributed by atoms with Crippen LogP contribution in [0.3, 0.4) is 0 Å². The summed E-state index contributed by atoms with van der Waals surface area (Å²) in [6.45, 7) is 8.92. The summed E-state index contributed by atoms with van der Waals surface area (Å²) in [5, 5.41) is 0. The van der Waals surface area contributed by atoms with E-state index in [0.29, 0.717) is 32.6 Å². The first-order valence-electron chi connectivity index (χ1n) is 10.1. The summed E-state index contributed by atoms with van der Waals surface area (Å²) in [6, 6.07) is 0.239. The van der Waals surface area contributed by atoms with Gasteiger partial charge >= 0.3 is 6.09 Å². The van der Waals surface area contributed by atoms with Crippen molar-refractivity contribution in [1.82, 2.24) is 19.6 Å². The van der Waals surface area contributed by atoms with Gasteiger partial charge < -0.3 is 24.2 Å². The van der Waals surface area contributed by atoms with E-state index in [1.165, 1.54) is 0 Å². The molecule has 3 aliphatic rings. The molecule has 3 saturated heterocycles. The van der Waals surface area contributed by atoms with E-state index in [9.17, 15) is 9.59 Å². The summed E-state index contributed by atoms with van der Waals surface area (Å²) in [6.07, 6.45) is 1.79. The Morgan fingerprint density at radius 2 is 1.85 bits per heavy atom. The molecule has 0 radical (unpaired) electrons. The molecular weight excluding hydrogens is 348 g/mol. The zero-order chi connectivity index (χ0) is 19.4. The Balaban J connectivity index is 1.45. The number of rotatable bonds is 6. The number of likely N-dealkylation sites (N-methyl/N-ethyl adjacent to an activating group) is 1. The van der Waals surface area contributed by atoms with Gasteiger partial charge in [-0.3, -0.25) is 9.69 Å². The number of ether oxygens (including phenoxy) is 2. The molecule has 8 heteroatoms. The van der Waals surface area contributed by atoms with Gasteiger partial charge in [0.2, 0.25) is 5.91 Å². The molecule has 27 heavy (non-hydrogen) atoms. The molecule has 0 aromatic rings. The zero-order valence-corrected chi connectivity index (χ0v) is 17.0. The molecular formula is C19H34N4O4. The van der Waals surface area contributed by atoms with Crippen LogP contribution >= 0.6 is 0 Å². The number of hydrogen-bond donors (Lipinski definition) is 0. The van der Waals surface area contributed by atoms with Crippen LogP contribution in [0.15, 0.2) is 0 Å². The second kappa shape index (κ2) is 8.75. The quantitative estimate of drug-likeness (QED) is 0.666. The second-order valence-corrected chi connectivity index (χ2v) is 8.36. The first kappa shape index (κ1) is 20.4. The number of carbonyl (C=O) groups is 2. The third-order valence-electron chi connectivity index (χ3n) is 6.02. The fourth-order valence-corrected chi connectivity index (χ4v) is 4.14. The van der Waals surface area contributed by atoms with Crippen molar-refractivity contribution in [2.24, 2.45) is 0 Å². The average Bonchev–Trinajstić information content (AvgIpc) is 2.96. The van der Waals surface area contributed by atoms with Gasteiger partial charge in [-0.1, -0.05) is 0 Å². The van der Waals surface area contributed by atoms with Gasteiger partial charge in [0.15, 0.2) is 0 Å². The predicted molar refractivity (Wildman–Crippen MR) is 102 cm³/mol. The van der Waals surface area contributed by atoms with E-state index >= 15 is 0 Å². The van der Waals surface area contributed by atoms with E-state index < -0.39 is 5.60 Å². The Labute approximate surface area is 162 Å². The van der Waals surface area contributed by atoms with Crippen LogP contribution in [0.5, 0.6) is 0 Å². The summed E-state index contributed by atoms with van der Waals surface area (Å²) in [5.41, 5.74) is -0.407. The summed E-state index contributed by atoms with van der Waals surface area (Å²) < 4.78 is 11.1. The molecule has 3 heterocycles. The van der Waals surface area contributed by atoms with Crippen LogP contribution in [0.1, 0.15) is 26.2 Å². The van der Waals surface area contributed by atoms with Crippen LogP contribution in [0.25, 0.3) is 0 Å². The van der Waals surface area contributed by atoms with E-state index in [4.69, 9.17) is 9.47 Å². The van der Waals surface area contributed by atoms with Crippen molar-refractivity contribution in [3.05, 3.63) is 0 Å². The maximum absolute atomic E-state index is 12.7. The van der Waals surface area contributed by atoms with E-state index in [1.807, 2.05) is 19.0 Å². The normalized spacial score (nSPS) is 24.5. The molecule has 1 atom stereocenters. The summed E-state index contributed by atoms with van der Waals surface area (Å²) in [5.74, 6) is 0.206. The van der Waals surface area contributed by atoms with Gasteiger partial charge in [-0.2, -0.15) is 0 Å². The largest absolute Gasteiger partial charge is 0.441 e. The monoisotopic (exact) mass is 382 g/mol. The molecule has 3 aliphatic heterocycles. The number of piperidine rings is 1. The third kappa shape index (κ3) is 5.12. The molecule has 3 rings (SSSR count). The van der Waals surface area contributed by atoms with Crippen molar-refractivity contribution in [3.8, 4) is 0 Å². The van der Waals surface area contributed by atoms with Crippen molar-refractivity contribution < 1.29 is 19.1 Å². The number of nitrogens with zero attached hydrogens (tertiary/aromatic N) is 4. The fraction of sp³-hybridized carbons (Fsp3) is 0.895. The zero-order valence-electron chi connectivity index (χ0n) is 17.0. The Hall–Kier alpha value is -1.38. The van der Waals surface area contributed by atoms with Crippen molar-refractivity contribution in [2.45, 2.75) is 37.8 Å². The lowest BCUT2D eigenvalue weighted by Gasteiger charge is -2.38. The first-order valence-corrected chi connectivity index (χ1v) is 10.1. The molecule has 8 nitrogen and oxygen atoms in total. The Morgan fingerprint density at radius 1 is 1.19 bits per heavy atom. The highest BCUT2D eigenvalue weighted by Gasteiger charge is 2.47. The minimum absolute atomic E-state index is 0.206. The lowest BCUT2D eigenvalue weighted by molar-refractivity contribution is -0.136. The summed E-state index contributed by atoms with van der Waals surface area (Å²) >= 11 is 0. The molecule has 0 saturated carbocycles. The van der Waals surface area contributed by atoms with E-state index in [2.05, 4.69) is 16.7 Å². The van der Waals surface area contributed by atoms with E-state index in [-0.39, 0.29) is 18.0 Å². The molecule has 0 aromatic carbocycles. The molecule has 0 bridgehead atoms. The minimum atomic E-state index is -0.407. The van der Waals surface area contributed by atoms with Crippen LogP contribution in [-0.4, -0.2) is 116 Å². The standard InChI is InChI=1S/C19H34N4O4/c1-16(21-10-12-26-13-11-21)14-17(24)22-6-4-19(5-7-22)15-23(18(25)27-19)9-8-20(2)3/h16H,4-15H2,1-3H3/t16-/m0/s1. The van der Waals surface area contributed by atoms with Gasteiger partial charge in [0.05, 0.1) is 19.8 Å². The van der Waals surface area contributed by atoms with Gasteiger partial charge in [-0.15, -0.1) is 0 Å². The number of morpholine rings is 1. The third-order valence-corrected chi connectivity index (χ3v) is 6.02. The number of amides is 2. The lowest BCUT2D eigenvalue weighted by Crippen LogP contribution is -2.50. The predicted octanol–water partition coefficient (Wildman–Crippen LogP) is 0.472. The van der Waals surface area contributed by atoms with Crippen molar-refractivity contribution in [1.29, 1.82) is 0 Å². The second-order valence-electron chi connectivity index (χ2n) is 8.36. The van der Waals surface area contributed by atoms with Crippen LogP contribution in [0.4, 0.5) is 4.79 Å². The highest BCUT2D eigenvalue weighted by Crippen LogP contribution is 2.33. The molecule has 0 N–H and O–H groups in total. The molecule has 3 fully saturated rings. The topological polar surface area (TPSA) is 65.6 Å². The lowest BCUT2D eigenvalue weighted by atomic mass is 9.91. The SMILES string of the molecule is C[C@@H](CC(=O)N1CCC2(CC1)CN(CCN(C)C)C(=O)O2)N1CCOCC1. The number of carbonyl (C=O) groups excluding carboxylic acids is 2. The summed E-state index contributed by atoms with van der Waals surface area (Å²) in [7, 11) is 4.00. The van der Waals surface area contributed by atoms with E-state index in [1.54, 1.807) is 4.90 Å². The number of hydrogen-bond acceptors (Lipinski definition) is 6. The van der Waals surface area contributed by atoms with Crippen molar-refractivity contribution >= 4 is 12.0 Å². The van der Waals surface area contributed by atoms with Crippen LogP contribution in [0.2, 0.25) is 0 Å². The van der Waals surface area contributed by atoms with Crippen LogP contribution < -0.4 is 0 Å². The maximum Gasteiger partial charge on any atom is 0.410 e. The smallest absolute Gasteiger partial charge is 0.410 e.